The number of benzene rings is 1. The van der Waals surface area contributed by atoms with Crippen molar-refractivity contribution < 1.29 is 8.42 Å². The maximum Gasteiger partial charge on any atom is 0.243 e. The van der Waals surface area contributed by atoms with Crippen LogP contribution in [0, 0.1) is 13.8 Å². The highest BCUT2D eigenvalue weighted by molar-refractivity contribution is 7.89. The molecule has 0 unspecified atom stereocenters. The lowest BCUT2D eigenvalue weighted by molar-refractivity contribution is 0.485. The van der Waals surface area contributed by atoms with E-state index in [9.17, 15) is 8.42 Å². The van der Waals surface area contributed by atoms with Gasteiger partial charge < -0.3 is 5.73 Å². The molecule has 5 heteroatoms. The van der Waals surface area contributed by atoms with Crippen molar-refractivity contribution in [3.8, 4) is 0 Å². The number of anilines is 1. The van der Waals surface area contributed by atoms with Crippen molar-refractivity contribution >= 4 is 15.7 Å². The quantitative estimate of drug-likeness (QED) is 0.817. The lowest BCUT2D eigenvalue weighted by atomic mass is 10.1. The Kier molecular flexibility index (Phi) is 3.60. The third kappa shape index (κ3) is 2.20. The fourth-order valence-corrected chi connectivity index (χ4v) is 3.30. The second kappa shape index (κ2) is 4.43. The van der Waals surface area contributed by atoms with Gasteiger partial charge in [-0.3, -0.25) is 0 Å². The number of hydrogen-bond acceptors (Lipinski definition) is 3. The Bertz CT molecular complexity index is 472. The van der Waals surface area contributed by atoms with E-state index in [2.05, 4.69) is 0 Å². The Hall–Kier alpha value is -1.07. The van der Waals surface area contributed by atoms with Gasteiger partial charge in [-0.25, -0.2) is 12.7 Å². The molecule has 0 fully saturated rings. The van der Waals surface area contributed by atoms with Crippen LogP contribution in [-0.2, 0) is 10.0 Å². The third-order valence-electron chi connectivity index (χ3n) is 2.60. The van der Waals surface area contributed by atoms with E-state index in [1.54, 1.807) is 40.0 Å². The van der Waals surface area contributed by atoms with Gasteiger partial charge in [0.25, 0.3) is 0 Å². The van der Waals surface area contributed by atoms with Gasteiger partial charge in [0.15, 0.2) is 0 Å². The Balaban J connectivity index is 3.45. The Morgan fingerprint density at radius 1 is 1.25 bits per heavy atom. The predicted molar refractivity (Wildman–Crippen MR) is 65.8 cm³/mol. The van der Waals surface area contributed by atoms with Crippen molar-refractivity contribution in [2.45, 2.75) is 25.7 Å². The third-order valence-corrected chi connectivity index (χ3v) is 4.83. The second-order valence-electron chi connectivity index (χ2n) is 3.90. The van der Waals surface area contributed by atoms with E-state index < -0.39 is 10.0 Å². The average Bonchev–Trinajstić information content (AvgIpc) is 2.14. The number of hydrogen-bond donors (Lipinski definition) is 1. The summed E-state index contributed by atoms with van der Waals surface area (Å²) < 4.78 is 25.7. The van der Waals surface area contributed by atoms with Crippen LogP contribution in [0.3, 0.4) is 0 Å². The summed E-state index contributed by atoms with van der Waals surface area (Å²) in [4.78, 5) is 0.367. The molecule has 0 saturated heterocycles. The highest BCUT2D eigenvalue weighted by atomic mass is 32.2. The predicted octanol–water partition coefficient (Wildman–Crippen LogP) is 1.53. The van der Waals surface area contributed by atoms with Crippen LogP contribution in [0.15, 0.2) is 17.0 Å². The highest BCUT2D eigenvalue weighted by Gasteiger charge is 2.23. The average molecular weight is 242 g/mol. The number of rotatable bonds is 3. The molecule has 90 valence electrons. The summed E-state index contributed by atoms with van der Waals surface area (Å²) >= 11 is 0. The lowest BCUT2D eigenvalue weighted by Crippen LogP contribution is -2.27. The Labute approximate surface area is 97.1 Å². The molecule has 0 atom stereocenters. The number of nitrogen functional groups attached to an aromatic ring is 1. The van der Waals surface area contributed by atoms with Crippen LogP contribution in [0.5, 0.6) is 0 Å². The zero-order chi connectivity index (χ0) is 12.5. The van der Waals surface area contributed by atoms with Crippen LogP contribution in [-0.4, -0.2) is 26.3 Å². The van der Waals surface area contributed by atoms with E-state index in [1.807, 2.05) is 0 Å². The van der Waals surface area contributed by atoms with Crippen LogP contribution in [0.1, 0.15) is 18.1 Å². The molecule has 0 aliphatic heterocycles. The first-order valence-corrected chi connectivity index (χ1v) is 6.57. The molecule has 2 N–H and O–H groups in total. The molecule has 0 aliphatic rings. The molecule has 0 spiro atoms. The van der Waals surface area contributed by atoms with Gasteiger partial charge in [-0.1, -0.05) is 6.92 Å². The first-order chi connectivity index (χ1) is 7.30. The summed E-state index contributed by atoms with van der Waals surface area (Å²) in [6, 6.07) is 3.37. The van der Waals surface area contributed by atoms with Gasteiger partial charge in [-0.2, -0.15) is 0 Å². The number of nitrogens with two attached hydrogens (primary N) is 1. The summed E-state index contributed by atoms with van der Waals surface area (Å²) in [5, 5.41) is 0. The minimum atomic E-state index is -3.39. The lowest BCUT2D eigenvalue weighted by Gasteiger charge is -2.18. The molecule has 0 radical (unpaired) electrons. The molecule has 0 saturated carbocycles. The fourth-order valence-electron chi connectivity index (χ4n) is 1.72. The van der Waals surface area contributed by atoms with Crippen LogP contribution in [0.4, 0.5) is 5.69 Å². The summed E-state index contributed by atoms with van der Waals surface area (Å²) in [6.07, 6.45) is 0. The SMILES string of the molecule is CCN(C)S(=O)(=O)c1c(C)cc(N)cc1C. The molecule has 1 aromatic rings. The molecule has 1 rings (SSSR count). The maximum atomic E-state index is 12.2. The summed E-state index contributed by atoms with van der Waals surface area (Å²) in [6.45, 7) is 5.78. The summed E-state index contributed by atoms with van der Waals surface area (Å²) in [7, 11) is -1.82. The zero-order valence-electron chi connectivity index (χ0n) is 10.1. The molecule has 4 nitrogen and oxygen atoms in total. The molecule has 0 bridgehead atoms. The van der Waals surface area contributed by atoms with Crippen molar-refractivity contribution in [3.05, 3.63) is 23.3 Å². The van der Waals surface area contributed by atoms with Crippen molar-refractivity contribution in [2.75, 3.05) is 19.3 Å². The minimum absolute atomic E-state index is 0.367. The van der Waals surface area contributed by atoms with E-state index in [4.69, 9.17) is 5.73 Å². The van der Waals surface area contributed by atoms with E-state index in [-0.39, 0.29) is 0 Å². The van der Waals surface area contributed by atoms with E-state index in [1.165, 1.54) is 4.31 Å². The Morgan fingerprint density at radius 2 is 1.69 bits per heavy atom. The monoisotopic (exact) mass is 242 g/mol. The molecule has 1 aromatic carbocycles. The maximum absolute atomic E-state index is 12.2. The number of sulfonamides is 1. The van der Waals surface area contributed by atoms with Crippen LogP contribution in [0.2, 0.25) is 0 Å². The smallest absolute Gasteiger partial charge is 0.243 e. The van der Waals surface area contributed by atoms with E-state index in [0.29, 0.717) is 28.3 Å². The van der Waals surface area contributed by atoms with Crippen LogP contribution >= 0.6 is 0 Å². The molecule has 0 aromatic heterocycles. The van der Waals surface area contributed by atoms with Crippen molar-refractivity contribution in [1.82, 2.24) is 4.31 Å². The normalized spacial score (nSPS) is 12.1. The van der Waals surface area contributed by atoms with Gasteiger partial charge >= 0.3 is 0 Å². The largest absolute Gasteiger partial charge is 0.399 e. The first kappa shape index (κ1) is 13.0. The van der Waals surface area contributed by atoms with E-state index in [0.717, 1.165) is 0 Å². The Morgan fingerprint density at radius 3 is 2.06 bits per heavy atom. The van der Waals surface area contributed by atoms with Gasteiger partial charge in [-0.15, -0.1) is 0 Å². The van der Waals surface area contributed by atoms with Gasteiger partial charge in [0, 0.05) is 19.3 Å². The minimum Gasteiger partial charge on any atom is -0.399 e. The zero-order valence-corrected chi connectivity index (χ0v) is 10.9. The molecule has 0 amide bonds. The number of nitrogens with zero attached hydrogens (tertiary/aromatic N) is 1. The summed E-state index contributed by atoms with van der Waals surface area (Å²) in [5.74, 6) is 0. The van der Waals surface area contributed by atoms with Crippen molar-refractivity contribution in [3.63, 3.8) is 0 Å². The van der Waals surface area contributed by atoms with Gasteiger partial charge in [0.1, 0.15) is 0 Å². The molecule has 0 heterocycles. The van der Waals surface area contributed by atoms with Gasteiger partial charge in [0.2, 0.25) is 10.0 Å². The van der Waals surface area contributed by atoms with Gasteiger partial charge in [0.05, 0.1) is 4.90 Å². The fraction of sp³-hybridized carbons (Fsp3) is 0.455. The van der Waals surface area contributed by atoms with E-state index >= 15 is 0 Å². The second-order valence-corrected chi connectivity index (χ2v) is 5.88. The van der Waals surface area contributed by atoms with Crippen molar-refractivity contribution in [2.24, 2.45) is 0 Å². The standard InChI is InChI=1S/C11H18N2O2S/c1-5-13(4)16(14,15)11-8(2)6-10(12)7-9(11)3/h6-7H,5,12H2,1-4H3. The van der Waals surface area contributed by atoms with Crippen LogP contribution in [0.25, 0.3) is 0 Å². The summed E-state index contributed by atoms with van der Waals surface area (Å²) in [5.41, 5.74) is 7.65. The molecular weight excluding hydrogens is 224 g/mol. The molecule has 16 heavy (non-hydrogen) atoms. The molecular formula is C11H18N2O2S. The van der Waals surface area contributed by atoms with Crippen LogP contribution < -0.4 is 5.73 Å². The van der Waals surface area contributed by atoms with Crippen molar-refractivity contribution in [1.29, 1.82) is 0 Å². The topological polar surface area (TPSA) is 63.4 Å². The first-order valence-electron chi connectivity index (χ1n) is 5.13. The van der Waals surface area contributed by atoms with Gasteiger partial charge in [-0.05, 0) is 37.1 Å². The molecule has 0 aliphatic carbocycles. The highest BCUT2D eigenvalue weighted by Crippen LogP contribution is 2.25. The number of aryl methyl sites for hydroxylation is 2.